The van der Waals surface area contributed by atoms with E-state index in [-0.39, 0.29) is 0 Å². The maximum absolute atomic E-state index is 5.40. The molecule has 1 aromatic carbocycles. The SMILES string of the molecule is Nc1nc(NCc2cccc(Br)c2)n[nH]1. The van der Waals surface area contributed by atoms with Crippen LogP contribution in [-0.2, 0) is 6.54 Å². The number of aromatic amines is 1. The van der Waals surface area contributed by atoms with Crippen molar-refractivity contribution in [3.63, 3.8) is 0 Å². The van der Waals surface area contributed by atoms with Crippen molar-refractivity contribution in [2.45, 2.75) is 6.54 Å². The number of nitrogens with zero attached hydrogens (tertiary/aromatic N) is 2. The zero-order chi connectivity index (χ0) is 10.7. The van der Waals surface area contributed by atoms with Crippen molar-refractivity contribution < 1.29 is 0 Å². The van der Waals surface area contributed by atoms with E-state index in [1.165, 1.54) is 0 Å². The topological polar surface area (TPSA) is 79.6 Å². The van der Waals surface area contributed by atoms with Crippen LogP contribution in [0.15, 0.2) is 28.7 Å². The Hall–Kier alpha value is -1.56. The fourth-order valence-corrected chi connectivity index (χ4v) is 1.63. The lowest BCUT2D eigenvalue weighted by Gasteiger charge is -2.02. The number of H-pyrrole nitrogens is 1. The summed E-state index contributed by atoms with van der Waals surface area (Å²) in [6.07, 6.45) is 0. The molecule has 0 saturated heterocycles. The summed E-state index contributed by atoms with van der Waals surface area (Å²) in [7, 11) is 0. The highest BCUT2D eigenvalue weighted by molar-refractivity contribution is 9.10. The Morgan fingerprint density at radius 1 is 1.47 bits per heavy atom. The molecule has 0 radical (unpaired) electrons. The first-order chi connectivity index (χ1) is 7.24. The molecule has 0 aliphatic carbocycles. The van der Waals surface area contributed by atoms with Crippen LogP contribution in [0.2, 0.25) is 0 Å². The van der Waals surface area contributed by atoms with E-state index in [2.05, 4.69) is 36.4 Å². The van der Waals surface area contributed by atoms with Gasteiger partial charge >= 0.3 is 0 Å². The summed E-state index contributed by atoms with van der Waals surface area (Å²) in [6.45, 7) is 0.663. The molecule has 0 unspecified atom stereocenters. The molecule has 0 aliphatic rings. The second kappa shape index (κ2) is 4.31. The van der Waals surface area contributed by atoms with Crippen molar-refractivity contribution in [2.75, 3.05) is 11.1 Å². The Morgan fingerprint density at radius 3 is 3.00 bits per heavy atom. The lowest BCUT2D eigenvalue weighted by molar-refractivity contribution is 1.04. The Morgan fingerprint density at radius 2 is 2.33 bits per heavy atom. The van der Waals surface area contributed by atoms with Crippen LogP contribution in [0, 0.1) is 0 Å². The minimum Gasteiger partial charge on any atom is -0.368 e. The number of benzene rings is 1. The van der Waals surface area contributed by atoms with Gasteiger partial charge in [0.1, 0.15) is 0 Å². The van der Waals surface area contributed by atoms with Crippen molar-refractivity contribution in [1.29, 1.82) is 0 Å². The summed E-state index contributed by atoms with van der Waals surface area (Å²) < 4.78 is 1.05. The Kier molecular flexibility index (Phi) is 2.86. The van der Waals surface area contributed by atoms with Gasteiger partial charge in [-0.1, -0.05) is 28.1 Å². The largest absolute Gasteiger partial charge is 0.368 e. The first kappa shape index (κ1) is 9.97. The molecule has 0 spiro atoms. The van der Waals surface area contributed by atoms with Crippen LogP contribution in [0.1, 0.15) is 5.56 Å². The molecule has 0 fully saturated rings. The molecule has 0 atom stereocenters. The molecule has 15 heavy (non-hydrogen) atoms. The fraction of sp³-hybridized carbons (Fsp3) is 0.111. The predicted molar refractivity (Wildman–Crippen MR) is 62.3 cm³/mol. The number of hydrogen-bond acceptors (Lipinski definition) is 4. The Balaban J connectivity index is 1.99. The standard InChI is InChI=1S/C9H10BrN5/c10-7-3-1-2-6(4-7)5-12-9-13-8(11)14-15-9/h1-4H,5H2,(H4,11,12,13,14,15). The summed E-state index contributed by atoms with van der Waals surface area (Å²) in [4.78, 5) is 3.94. The highest BCUT2D eigenvalue weighted by Gasteiger charge is 1.99. The normalized spacial score (nSPS) is 10.2. The molecule has 0 saturated carbocycles. The van der Waals surface area contributed by atoms with E-state index in [0.29, 0.717) is 18.4 Å². The van der Waals surface area contributed by atoms with Crippen LogP contribution in [-0.4, -0.2) is 15.2 Å². The van der Waals surface area contributed by atoms with Gasteiger partial charge in [-0.2, -0.15) is 4.98 Å². The molecule has 78 valence electrons. The van der Waals surface area contributed by atoms with Crippen LogP contribution in [0.3, 0.4) is 0 Å². The number of nitrogens with two attached hydrogens (primary N) is 1. The van der Waals surface area contributed by atoms with E-state index in [1.807, 2.05) is 24.3 Å². The van der Waals surface area contributed by atoms with Gasteiger partial charge in [-0.25, -0.2) is 5.10 Å². The third-order valence-electron chi connectivity index (χ3n) is 1.84. The maximum atomic E-state index is 5.40. The fourth-order valence-electron chi connectivity index (χ4n) is 1.18. The number of halogens is 1. The molecule has 1 aromatic heterocycles. The van der Waals surface area contributed by atoms with E-state index in [1.54, 1.807) is 0 Å². The molecule has 0 bridgehead atoms. The lowest BCUT2D eigenvalue weighted by atomic mass is 10.2. The summed E-state index contributed by atoms with van der Waals surface area (Å²) in [6, 6.07) is 8.01. The molecule has 4 N–H and O–H groups in total. The van der Waals surface area contributed by atoms with Crippen molar-refractivity contribution in [2.24, 2.45) is 0 Å². The molecular formula is C9H10BrN5. The third kappa shape index (κ3) is 2.69. The average molecular weight is 268 g/mol. The summed E-state index contributed by atoms with van der Waals surface area (Å²) in [5, 5.41) is 9.49. The van der Waals surface area contributed by atoms with Gasteiger partial charge in [0.15, 0.2) is 0 Å². The van der Waals surface area contributed by atoms with Crippen LogP contribution in [0.5, 0.6) is 0 Å². The van der Waals surface area contributed by atoms with Gasteiger partial charge < -0.3 is 11.1 Å². The van der Waals surface area contributed by atoms with E-state index in [9.17, 15) is 0 Å². The molecule has 2 aromatic rings. The molecule has 0 aliphatic heterocycles. The molecule has 2 rings (SSSR count). The molecule has 1 heterocycles. The molecule has 6 heteroatoms. The number of nitrogen functional groups attached to an aromatic ring is 1. The highest BCUT2D eigenvalue weighted by atomic mass is 79.9. The van der Waals surface area contributed by atoms with Gasteiger partial charge in [0.25, 0.3) is 0 Å². The van der Waals surface area contributed by atoms with Crippen LogP contribution in [0.25, 0.3) is 0 Å². The highest BCUT2D eigenvalue weighted by Crippen LogP contribution is 2.12. The van der Waals surface area contributed by atoms with Crippen molar-refractivity contribution in [3.8, 4) is 0 Å². The van der Waals surface area contributed by atoms with E-state index < -0.39 is 0 Å². The minimum absolute atomic E-state index is 0.312. The quantitative estimate of drug-likeness (QED) is 0.792. The van der Waals surface area contributed by atoms with E-state index in [0.717, 1.165) is 10.0 Å². The number of hydrogen-bond donors (Lipinski definition) is 3. The van der Waals surface area contributed by atoms with Gasteiger partial charge in [0.05, 0.1) is 0 Å². The third-order valence-corrected chi connectivity index (χ3v) is 2.34. The van der Waals surface area contributed by atoms with Gasteiger partial charge in [-0.05, 0) is 17.7 Å². The van der Waals surface area contributed by atoms with Crippen LogP contribution >= 0.6 is 15.9 Å². The molecule has 5 nitrogen and oxygen atoms in total. The maximum Gasteiger partial charge on any atom is 0.243 e. The first-order valence-corrected chi connectivity index (χ1v) is 5.19. The number of rotatable bonds is 3. The van der Waals surface area contributed by atoms with Gasteiger partial charge in [0.2, 0.25) is 11.9 Å². The first-order valence-electron chi connectivity index (χ1n) is 4.40. The monoisotopic (exact) mass is 267 g/mol. The second-order valence-electron chi connectivity index (χ2n) is 3.03. The Labute approximate surface area is 95.2 Å². The lowest BCUT2D eigenvalue weighted by Crippen LogP contribution is -2.00. The van der Waals surface area contributed by atoms with Crippen LogP contribution in [0.4, 0.5) is 11.9 Å². The summed E-state index contributed by atoms with van der Waals surface area (Å²) >= 11 is 3.41. The van der Waals surface area contributed by atoms with Gasteiger partial charge in [-0.3, -0.25) is 0 Å². The average Bonchev–Trinajstić information content (AvgIpc) is 2.62. The molecular weight excluding hydrogens is 258 g/mol. The van der Waals surface area contributed by atoms with Crippen molar-refractivity contribution in [1.82, 2.24) is 15.2 Å². The van der Waals surface area contributed by atoms with Crippen molar-refractivity contribution >= 4 is 27.8 Å². The number of nitrogens with one attached hydrogen (secondary N) is 2. The second-order valence-corrected chi connectivity index (χ2v) is 3.94. The summed E-state index contributed by atoms with van der Waals surface area (Å²) in [5.74, 6) is 0.819. The smallest absolute Gasteiger partial charge is 0.243 e. The van der Waals surface area contributed by atoms with Crippen molar-refractivity contribution in [3.05, 3.63) is 34.3 Å². The zero-order valence-corrected chi connectivity index (χ0v) is 9.45. The minimum atomic E-state index is 0.312. The number of anilines is 2. The number of aromatic nitrogens is 3. The summed E-state index contributed by atoms with van der Waals surface area (Å²) in [5.41, 5.74) is 6.54. The molecule has 0 amide bonds. The predicted octanol–water partition coefficient (Wildman–Crippen LogP) is 1.76. The zero-order valence-electron chi connectivity index (χ0n) is 7.87. The van der Waals surface area contributed by atoms with Gasteiger partial charge in [0, 0.05) is 11.0 Å². The van der Waals surface area contributed by atoms with E-state index in [4.69, 9.17) is 5.73 Å². The van der Waals surface area contributed by atoms with E-state index >= 15 is 0 Å². The van der Waals surface area contributed by atoms with Crippen LogP contribution < -0.4 is 11.1 Å². The Bertz CT molecular complexity index is 453. The van der Waals surface area contributed by atoms with Gasteiger partial charge in [-0.15, -0.1) is 5.10 Å².